The van der Waals surface area contributed by atoms with Crippen molar-refractivity contribution in [3.8, 4) is 11.1 Å². The lowest BCUT2D eigenvalue weighted by molar-refractivity contribution is 0.673. The van der Waals surface area contributed by atoms with Gasteiger partial charge in [0.1, 0.15) is 11.2 Å². The summed E-state index contributed by atoms with van der Waals surface area (Å²) in [6.45, 7) is 0. The first kappa shape index (κ1) is 28.6. The number of anilines is 6. The summed E-state index contributed by atoms with van der Waals surface area (Å²) < 4.78 is 6.72. The lowest BCUT2D eigenvalue weighted by Crippen LogP contribution is -2.10. The Bertz CT molecular complexity index is 2450. The van der Waals surface area contributed by atoms with Crippen molar-refractivity contribution >= 4 is 66.8 Å². The number of furan rings is 1. The molecule has 1 aromatic heterocycles. The minimum atomic E-state index is 0.875. The Labute approximate surface area is 285 Å². The first-order valence-electron chi connectivity index (χ1n) is 16.6. The maximum absolute atomic E-state index is 6.72. The lowest BCUT2D eigenvalue weighted by Gasteiger charge is -2.27. The molecule has 9 aromatic rings. The molecule has 0 atom stereocenters. The van der Waals surface area contributed by atoms with Gasteiger partial charge in [-0.1, -0.05) is 121 Å². The van der Waals surface area contributed by atoms with E-state index in [1.165, 1.54) is 0 Å². The molecule has 0 N–H and O–H groups in total. The fraction of sp³-hybridized carbons (Fsp3) is 0. The lowest BCUT2D eigenvalue weighted by atomic mass is 9.96. The number of benzene rings is 8. The highest BCUT2D eigenvalue weighted by Crippen LogP contribution is 2.46. The van der Waals surface area contributed by atoms with Crippen LogP contribution in [-0.4, -0.2) is 0 Å². The summed E-state index contributed by atoms with van der Waals surface area (Å²) >= 11 is 0. The monoisotopic (exact) mass is 628 g/mol. The van der Waals surface area contributed by atoms with Gasteiger partial charge < -0.3 is 14.2 Å². The molecule has 0 aliphatic rings. The highest BCUT2D eigenvalue weighted by atomic mass is 16.3. The van der Waals surface area contributed by atoms with E-state index in [0.717, 1.165) is 78.0 Å². The van der Waals surface area contributed by atoms with Crippen LogP contribution in [0.25, 0.3) is 43.8 Å². The normalized spacial score (nSPS) is 11.3. The van der Waals surface area contributed by atoms with E-state index in [0.29, 0.717) is 0 Å². The molecule has 0 unspecified atom stereocenters. The van der Waals surface area contributed by atoms with Crippen molar-refractivity contribution in [2.75, 3.05) is 9.80 Å². The maximum Gasteiger partial charge on any atom is 0.143 e. The van der Waals surface area contributed by atoms with Crippen LogP contribution >= 0.6 is 0 Å². The number of fused-ring (bicyclic) bond motifs is 5. The zero-order valence-corrected chi connectivity index (χ0v) is 26.8. The Hall–Kier alpha value is -6.58. The molecular formula is C46H32N2O. The summed E-state index contributed by atoms with van der Waals surface area (Å²) in [6, 6.07) is 68.4. The van der Waals surface area contributed by atoms with Gasteiger partial charge >= 0.3 is 0 Å². The zero-order chi connectivity index (χ0) is 32.6. The molecule has 9 rings (SSSR count). The van der Waals surface area contributed by atoms with Crippen LogP contribution in [0.5, 0.6) is 0 Å². The Kier molecular flexibility index (Phi) is 7.14. The summed E-state index contributed by atoms with van der Waals surface area (Å²) in [6.07, 6.45) is 0. The third kappa shape index (κ3) is 5.09. The van der Waals surface area contributed by atoms with Crippen molar-refractivity contribution in [3.63, 3.8) is 0 Å². The number of hydrogen-bond acceptors (Lipinski definition) is 3. The average molecular weight is 629 g/mol. The van der Waals surface area contributed by atoms with E-state index < -0.39 is 0 Å². The molecule has 0 saturated carbocycles. The summed E-state index contributed by atoms with van der Waals surface area (Å²) in [5, 5.41) is 4.43. The predicted molar refractivity (Wildman–Crippen MR) is 206 cm³/mol. The van der Waals surface area contributed by atoms with Gasteiger partial charge in [0.2, 0.25) is 0 Å². The van der Waals surface area contributed by atoms with Gasteiger partial charge in [0.25, 0.3) is 0 Å². The van der Waals surface area contributed by atoms with Crippen LogP contribution in [0, 0.1) is 0 Å². The number of para-hydroxylation sites is 4. The van der Waals surface area contributed by atoms with E-state index in [-0.39, 0.29) is 0 Å². The van der Waals surface area contributed by atoms with Crippen molar-refractivity contribution in [2.45, 2.75) is 0 Å². The Balaban J connectivity index is 1.24. The van der Waals surface area contributed by atoms with Crippen LogP contribution in [0.1, 0.15) is 0 Å². The third-order valence-corrected chi connectivity index (χ3v) is 9.22. The minimum absolute atomic E-state index is 0.875. The van der Waals surface area contributed by atoms with Crippen molar-refractivity contribution in [2.24, 2.45) is 0 Å². The van der Waals surface area contributed by atoms with Gasteiger partial charge in [-0.05, 0) is 83.9 Å². The second-order valence-electron chi connectivity index (χ2n) is 12.2. The van der Waals surface area contributed by atoms with Gasteiger partial charge in [0.15, 0.2) is 0 Å². The van der Waals surface area contributed by atoms with Crippen LogP contribution < -0.4 is 9.80 Å². The molecule has 0 radical (unpaired) electrons. The molecule has 8 aromatic carbocycles. The van der Waals surface area contributed by atoms with Gasteiger partial charge in [0, 0.05) is 50.0 Å². The van der Waals surface area contributed by atoms with Gasteiger partial charge in [-0.25, -0.2) is 0 Å². The standard InChI is InChI=1S/C46H32N2O/c1-5-16-34(17-6-1)47(35-18-7-2-8-19-35)38-30-28-33(29-31-38)39-26-15-27-44-45(39)42-32-43(40-24-13-14-25-41(40)46(42)49-44)48(36-20-9-3-10-21-36)37-22-11-4-12-23-37/h1-32H. The fourth-order valence-electron chi connectivity index (χ4n) is 7.03. The van der Waals surface area contributed by atoms with Gasteiger partial charge in [-0.3, -0.25) is 0 Å². The van der Waals surface area contributed by atoms with Crippen LogP contribution in [0.15, 0.2) is 199 Å². The topological polar surface area (TPSA) is 19.6 Å². The molecule has 1 heterocycles. The highest BCUT2D eigenvalue weighted by Gasteiger charge is 2.21. The Morgan fingerprint density at radius 3 is 1.37 bits per heavy atom. The first-order valence-corrected chi connectivity index (χ1v) is 16.6. The molecule has 232 valence electrons. The maximum atomic E-state index is 6.72. The first-order chi connectivity index (χ1) is 24.3. The van der Waals surface area contributed by atoms with Crippen molar-refractivity contribution in [3.05, 3.63) is 194 Å². The fourth-order valence-corrected chi connectivity index (χ4v) is 7.03. The van der Waals surface area contributed by atoms with E-state index in [9.17, 15) is 0 Å². The van der Waals surface area contributed by atoms with Gasteiger partial charge in [0.05, 0.1) is 5.69 Å². The third-order valence-electron chi connectivity index (χ3n) is 9.22. The van der Waals surface area contributed by atoms with E-state index in [1.54, 1.807) is 0 Å². The molecule has 3 nitrogen and oxygen atoms in total. The second-order valence-corrected chi connectivity index (χ2v) is 12.2. The largest absolute Gasteiger partial charge is 0.455 e. The molecular weight excluding hydrogens is 597 g/mol. The quantitative estimate of drug-likeness (QED) is 0.175. The van der Waals surface area contributed by atoms with Crippen LogP contribution in [0.2, 0.25) is 0 Å². The molecule has 0 fully saturated rings. The molecule has 0 amide bonds. The van der Waals surface area contributed by atoms with E-state index in [4.69, 9.17) is 4.42 Å². The number of hydrogen-bond donors (Lipinski definition) is 0. The Morgan fingerprint density at radius 1 is 0.347 bits per heavy atom. The number of nitrogens with zero attached hydrogens (tertiary/aromatic N) is 2. The number of rotatable bonds is 7. The SMILES string of the molecule is c1ccc(N(c2ccccc2)c2ccc(-c3cccc4oc5c6ccccc6c(N(c6ccccc6)c6ccccc6)cc5c34)cc2)cc1. The molecule has 0 spiro atoms. The summed E-state index contributed by atoms with van der Waals surface area (Å²) in [5.41, 5.74) is 10.7. The van der Waals surface area contributed by atoms with Crippen molar-refractivity contribution in [1.82, 2.24) is 0 Å². The van der Waals surface area contributed by atoms with E-state index >= 15 is 0 Å². The van der Waals surface area contributed by atoms with Gasteiger partial charge in [-0.15, -0.1) is 0 Å². The van der Waals surface area contributed by atoms with Crippen LogP contribution in [-0.2, 0) is 0 Å². The smallest absolute Gasteiger partial charge is 0.143 e. The van der Waals surface area contributed by atoms with Crippen LogP contribution in [0.4, 0.5) is 34.1 Å². The van der Waals surface area contributed by atoms with Crippen molar-refractivity contribution in [1.29, 1.82) is 0 Å². The molecule has 0 saturated heterocycles. The minimum Gasteiger partial charge on any atom is -0.455 e. The molecule has 49 heavy (non-hydrogen) atoms. The highest BCUT2D eigenvalue weighted by molar-refractivity contribution is 6.22. The summed E-state index contributed by atoms with van der Waals surface area (Å²) in [4.78, 5) is 4.64. The van der Waals surface area contributed by atoms with E-state index in [1.807, 2.05) is 0 Å². The Morgan fingerprint density at radius 2 is 0.816 bits per heavy atom. The summed E-state index contributed by atoms with van der Waals surface area (Å²) in [5.74, 6) is 0. The van der Waals surface area contributed by atoms with Crippen LogP contribution in [0.3, 0.4) is 0 Å². The second kappa shape index (κ2) is 12.2. The average Bonchev–Trinajstić information content (AvgIpc) is 3.56. The van der Waals surface area contributed by atoms with Crippen molar-refractivity contribution < 1.29 is 4.42 Å². The molecule has 0 aliphatic carbocycles. The molecule has 0 bridgehead atoms. The van der Waals surface area contributed by atoms with Gasteiger partial charge in [-0.2, -0.15) is 0 Å². The van der Waals surface area contributed by atoms with E-state index in [2.05, 4.69) is 204 Å². The molecule has 3 heteroatoms. The summed E-state index contributed by atoms with van der Waals surface area (Å²) in [7, 11) is 0. The predicted octanol–water partition coefficient (Wildman–Crippen LogP) is 13.3. The molecule has 0 aliphatic heterocycles. The zero-order valence-electron chi connectivity index (χ0n) is 26.8.